The Balaban J connectivity index is 0.00000306. The van der Waals surface area contributed by atoms with Gasteiger partial charge in [-0.05, 0) is 32.4 Å². The Kier molecular flexibility index (Phi) is 9.75. The molecule has 2 aliphatic rings. The molecule has 0 radical (unpaired) electrons. The van der Waals surface area contributed by atoms with E-state index in [0.717, 1.165) is 76.5 Å². The lowest BCUT2D eigenvalue weighted by Gasteiger charge is -2.27. The van der Waals surface area contributed by atoms with Gasteiger partial charge in [0.2, 0.25) is 0 Å². The Morgan fingerprint density at radius 2 is 1.88 bits per heavy atom. The third kappa shape index (κ3) is 7.28. The van der Waals surface area contributed by atoms with Gasteiger partial charge in [-0.15, -0.1) is 34.2 Å². The summed E-state index contributed by atoms with van der Waals surface area (Å²) in [7, 11) is 1.98. The summed E-state index contributed by atoms with van der Waals surface area (Å²) < 4.78 is 7.44. The zero-order chi connectivity index (χ0) is 22.3. The quantitative estimate of drug-likeness (QED) is 0.299. The Bertz CT molecular complexity index is 894. The van der Waals surface area contributed by atoms with E-state index in [2.05, 4.69) is 61.8 Å². The van der Waals surface area contributed by atoms with Crippen molar-refractivity contribution in [2.45, 2.75) is 32.9 Å². The van der Waals surface area contributed by atoms with Crippen molar-refractivity contribution in [2.24, 2.45) is 12.0 Å². The minimum Gasteiger partial charge on any atom is -0.379 e. The zero-order valence-corrected chi connectivity index (χ0v) is 22.3. The van der Waals surface area contributed by atoms with Crippen molar-refractivity contribution in [3.8, 4) is 0 Å². The molecule has 2 N–H and O–H groups in total. The predicted octanol–water partition coefficient (Wildman–Crippen LogP) is 1.70. The van der Waals surface area contributed by atoms with E-state index in [1.165, 1.54) is 11.3 Å². The molecule has 0 bridgehead atoms. The minimum atomic E-state index is 0. The molecule has 0 saturated carbocycles. The molecular weight excluding hydrogens is 531 g/mol. The summed E-state index contributed by atoms with van der Waals surface area (Å²) in [4.78, 5) is 9.70. The van der Waals surface area contributed by atoms with Gasteiger partial charge in [-0.25, -0.2) is 4.99 Å². The molecule has 4 rings (SSSR count). The zero-order valence-electron chi connectivity index (χ0n) is 20.0. The van der Waals surface area contributed by atoms with E-state index in [0.29, 0.717) is 12.6 Å². The SMILES string of the molecule is Cc1ccc(N2CCC(NC(=NCc3nnc(C)n3C)NCCN3CCOCC3)C2)cc1.I. The highest BCUT2D eigenvalue weighted by Gasteiger charge is 2.23. The summed E-state index contributed by atoms with van der Waals surface area (Å²) in [6.45, 7) is 12.1. The lowest BCUT2D eigenvalue weighted by Crippen LogP contribution is -2.47. The average Bonchev–Trinajstić information content (AvgIpc) is 3.40. The largest absolute Gasteiger partial charge is 0.379 e. The number of anilines is 1. The number of aromatic nitrogens is 3. The number of nitrogens with one attached hydrogen (secondary N) is 2. The van der Waals surface area contributed by atoms with Gasteiger partial charge < -0.3 is 24.8 Å². The number of aliphatic imine (C=N–C) groups is 1. The van der Waals surface area contributed by atoms with Gasteiger partial charge in [0.1, 0.15) is 12.4 Å². The fourth-order valence-electron chi connectivity index (χ4n) is 4.11. The van der Waals surface area contributed by atoms with E-state index >= 15 is 0 Å². The van der Waals surface area contributed by atoms with Crippen LogP contribution in [0.3, 0.4) is 0 Å². The van der Waals surface area contributed by atoms with Crippen molar-refractivity contribution in [1.29, 1.82) is 0 Å². The molecule has 10 heteroatoms. The van der Waals surface area contributed by atoms with Crippen LogP contribution in [-0.2, 0) is 18.3 Å². The van der Waals surface area contributed by atoms with Crippen LogP contribution < -0.4 is 15.5 Å². The fraction of sp³-hybridized carbons (Fsp3) is 0.609. The molecule has 0 spiro atoms. The van der Waals surface area contributed by atoms with Crippen LogP contribution in [0.25, 0.3) is 0 Å². The number of rotatable bonds is 7. The van der Waals surface area contributed by atoms with Gasteiger partial charge in [-0.3, -0.25) is 4.90 Å². The Morgan fingerprint density at radius 1 is 1.12 bits per heavy atom. The van der Waals surface area contributed by atoms with Crippen molar-refractivity contribution >= 4 is 35.6 Å². The smallest absolute Gasteiger partial charge is 0.192 e. The van der Waals surface area contributed by atoms with E-state index in [4.69, 9.17) is 9.73 Å². The maximum atomic E-state index is 5.45. The van der Waals surface area contributed by atoms with Crippen LogP contribution in [0.2, 0.25) is 0 Å². The summed E-state index contributed by atoms with van der Waals surface area (Å²) in [5, 5.41) is 15.6. The first kappa shape index (κ1) is 25.7. The minimum absolute atomic E-state index is 0. The van der Waals surface area contributed by atoms with Crippen LogP contribution in [-0.4, -0.2) is 84.1 Å². The van der Waals surface area contributed by atoms with Crippen molar-refractivity contribution in [1.82, 2.24) is 30.3 Å². The number of nitrogens with zero attached hydrogens (tertiary/aromatic N) is 6. The third-order valence-electron chi connectivity index (χ3n) is 6.31. The number of morpholine rings is 1. The van der Waals surface area contributed by atoms with Gasteiger partial charge in [-0.2, -0.15) is 0 Å². The molecule has 9 nitrogen and oxygen atoms in total. The summed E-state index contributed by atoms with van der Waals surface area (Å²) in [5.41, 5.74) is 2.58. The van der Waals surface area contributed by atoms with Gasteiger partial charge >= 0.3 is 0 Å². The first-order valence-corrected chi connectivity index (χ1v) is 11.6. The molecule has 2 aromatic rings. The highest BCUT2D eigenvalue weighted by Crippen LogP contribution is 2.20. The standard InChI is InChI=1S/C23H36N8O.HI/c1-18-4-6-21(7-5-18)31-10-8-20(17-31)26-23(24-9-11-30-12-14-32-15-13-30)25-16-22-28-27-19(2)29(22)3;/h4-7,20H,8-17H2,1-3H3,(H2,24,25,26);1H. The van der Waals surface area contributed by atoms with E-state index in [-0.39, 0.29) is 24.0 Å². The second-order valence-corrected chi connectivity index (χ2v) is 8.68. The van der Waals surface area contributed by atoms with Crippen LogP contribution in [0.4, 0.5) is 5.69 Å². The summed E-state index contributed by atoms with van der Waals surface area (Å²) in [6.07, 6.45) is 1.08. The van der Waals surface area contributed by atoms with Gasteiger partial charge in [0, 0.05) is 58.0 Å². The van der Waals surface area contributed by atoms with Crippen molar-refractivity contribution < 1.29 is 4.74 Å². The Morgan fingerprint density at radius 3 is 2.58 bits per heavy atom. The molecule has 2 saturated heterocycles. The number of guanidine groups is 1. The lowest BCUT2D eigenvalue weighted by atomic mass is 10.2. The van der Waals surface area contributed by atoms with E-state index in [1.807, 2.05) is 18.5 Å². The lowest BCUT2D eigenvalue weighted by molar-refractivity contribution is 0.0389. The van der Waals surface area contributed by atoms with E-state index < -0.39 is 0 Å². The highest BCUT2D eigenvalue weighted by atomic mass is 127. The number of benzene rings is 1. The number of ether oxygens (including phenoxy) is 1. The molecule has 2 fully saturated rings. The molecule has 3 heterocycles. The maximum absolute atomic E-state index is 5.45. The summed E-state index contributed by atoms with van der Waals surface area (Å²) >= 11 is 0. The normalized spacial score (nSPS) is 19.4. The van der Waals surface area contributed by atoms with Gasteiger partial charge in [0.25, 0.3) is 0 Å². The first-order valence-electron chi connectivity index (χ1n) is 11.6. The summed E-state index contributed by atoms with van der Waals surface area (Å²) in [6, 6.07) is 9.14. The van der Waals surface area contributed by atoms with Crippen molar-refractivity contribution in [3.63, 3.8) is 0 Å². The van der Waals surface area contributed by atoms with Crippen molar-refractivity contribution in [3.05, 3.63) is 41.5 Å². The third-order valence-corrected chi connectivity index (χ3v) is 6.31. The summed E-state index contributed by atoms with van der Waals surface area (Å²) in [5.74, 6) is 2.61. The predicted molar refractivity (Wildman–Crippen MR) is 142 cm³/mol. The molecule has 0 amide bonds. The number of hydrogen-bond acceptors (Lipinski definition) is 6. The fourth-order valence-corrected chi connectivity index (χ4v) is 4.11. The number of aryl methyl sites for hydroxylation is 2. The number of hydrogen-bond donors (Lipinski definition) is 2. The van der Waals surface area contributed by atoms with Crippen LogP contribution in [0, 0.1) is 13.8 Å². The molecule has 33 heavy (non-hydrogen) atoms. The van der Waals surface area contributed by atoms with Gasteiger partial charge in [0.05, 0.1) is 13.2 Å². The van der Waals surface area contributed by atoms with Crippen molar-refractivity contribution in [2.75, 3.05) is 57.4 Å². The monoisotopic (exact) mass is 568 g/mol. The Labute approximate surface area is 214 Å². The van der Waals surface area contributed by atoms with Gasteiger partial charge in [0.15, 0.2) is 11.8 Å². The van der Waals surface area contributed by atoms with E-state index in [1.54, 1.807) is 0 Å². The van der Waals surface area contributed by atoms with Crippen LogP contribution in [0.1, 0.15) is 23.6 Å². The van der Waals surface area contributed by atoms with Gasteiger partial charge in [-0.1, -0.05) is 17.7 Å². The highest BCUT2D eigenvalue weighted by molar-refractivity contribution is 14.0. The maximum Gasteiger partial charge on any atom is 0.192 e. The Hall–Kier alpha value is -1.92. The molecule has 2 aliphatic heterocycles. The molecule has 1 aromatic heterocycles. The van der Waals surface area contributed by atoms with Crippen LogP contribution in [0.5, 0.6) is 0 Å². The van der Waals surface area contributed by atoms with E-state index in [9.17, 15) is 0 Å². The molecule has 182 valence electrons. The molecule has 0 aliphatic carbocycles. The van der Waals surface area contributed by atoms with Crippen LogP contribution >= 0.6 is 24.0 Å². The average molecular weight is 569 g/mol. The molecular formula is C23H37IN8O. The first-order chi connectivity index (χ1) is 15.6. The number of halogens is 1. The van der Waals surface area contributed by atoms with Crippen LogP contribution in [0.15, 0.2) is 29.3 Å². The second kappa shape index (κ2) is 12.5. The topological polar surface area (TPSA) is 82.8 Å². The molecule has 1 atom stereocenters. The second-order valence-electron chi connectivity index (χ2n) is 8.68. The molecule has 1 unspecified atom stereocenters. The molecule has 1 aromatic carbocycles.